The van der Waals surface area contributed by atoms with Crippen molar-refractivity contribution in [2.45, 2.75) is 43.8 Å². The fraction of sp³-hybridized carbons (Fsp3) is 0.500. The Morgan fingerprint density at radius 3 is 2.50 bits per heavy atom. The van der Waals surface area contributed by atoms with Gasteiger partial charge in [-0.1, -0.05) is 0 Å². The summed E-state index contributed by atoms with van der Waals surface area (Å²) in [6, 6.07) is 3.20. The third-order valence-corrected chi connectivity index (χ3v) is 4.18. The first-order valence-electron chi connectivity index (χ1n) is 6.84. The summed E-state index contributed by atoms with van der Waals surface area (Å²) in [5.74, 6) is -1.43. The Kier molecular flexibility index (Phi) is 3.33. The molecule has 2 fully saturated rings. The van der Waals surface area contributed by atoms with Crippen LogP contribution in [0.25, 0.3) is 0 Å². The molecule has 108 valence electrons. The molecule has 2 bridgehead atoms. The van der Waals surface area contributed by atoms with Crippen molar-refractivity contribution in [3.05, 3.63) is 29.8 Å². The van der Waals surface area contributed by atoms with Crippen molar-refractivity contribution < 1.29 is 13.6 Å². The third kappa shape index (κ3) is 2.35. The monoisotopic (exact) mass is 281 g/mol. The van der Waals surface area contributed by atoms with E-state index >= 15 is 0 Å². The van der Waals surface area contributed by atoms with E-state index in [0.717, 1.165) is 37.8 Å². The minimum atomic E-state index is -0.764. The number of piperidine rings is 1. The number of amides is 2. The largest absolute Gasteiger partial charge is 0.328 e. The number of nitrogens with two attached hydrogens (primary N) is 1. The minimum Gasteiger partial charge on any atom is -0.328 e. The topological polar surface area (TPSA) is 58.4 Å². The van der Waals surface area contributed by atoms with E-state index in [1.165, 1.54) is 6.07 Å². The zero-order valence-corrected chi connectivity index (χ0v) is 11.0. The van der Waals surface area contributed by atoms with Gasteiger partial charge in [-0.25, -0.2) is 13.6 Å². The van der Waals surface area contributed by atoms with Gasteiger partial charge in [-0.15, -0.1) is 0 Å². The molecule has 2 unspecified atom stereocenters. The highest BCUT2D eigenvalue weighted by Crippen LogP contribution is 2.35. The summed E-state index contributed by atoms with van der Waals surface area (Å²) >= 11 is 0. The maximum Gasteiger partial charge on any atom is 0.322 e. The van der Waals surface area contributed by atoms with E-state index < -0.39 is 11.6 Å². The number of benzene rings is 1. The zero-order chi connectivity index (χ0) is 14.3. The molecule has 2 aliphatic rings. The molecule has 0 spiro atoms. The molecule has 0 saturated carbocycles. The molecule has 2 heterocycles. The molecular formula is C14H17F2N3O. The van der Waals surface area contributed by atoms with Gasteiger partial charge in [0.15, 0.2) is 0 Å². The van der Waals surface area contributed by atoms with Crippen LogP contribution in [-0.2, 0) is 0 Å². The third-order valence-electron chi connectivity index (χ3n) is 4.18. The van der Waals surface area contributed by atoms with Gasteiger partial charge in [-0.2, -0.15) is 0 Å². The van der Waals surface area contributed by atoms with E-state index in [4.69, 9.17) is 5.73 Å². The number of halogens is 2. The Labute approximate surface area is 115 Å². The van der Waals surface area contributed by atoms with Crippen LogP contribution in [0.5, 0.6) is 0 Å². The second-order valence-electron chi connectivity index (χ2n) is 5.58. The summed E-state index contributed by atoms with van der Waals surface area (Å²) in [5.41, 5.74) is 5.96. The Balaban J connectivity index is 1.74. The maximum atomic E-state index is 13.6. The van der Waals surface area contributed by atoms with Gasteiger partial charge in [0, 0.05) is 24.2 Å². The fourth-order valence-electron chi connectivity index (χ4n) is 3.32. The van der Waals surface area contributed by atoms with Gasteiger partial charge in [0.1, 0.15) is 11.6 Å². The van der Waals surface area contributed by atoms with E-state index in [-0.39, 0.29) is 29.8 Å². The molecule has 2 amide bonds. The lowest BCUT2D eigenvalue weighted by Gasteiger charge is -2.37. The number of carbonyl (C=O) groups is 1. The van der Waals surface area contributed by atoms with Crippen LogP contribution in [0.3, 0.4) is 0 Å². The summed E-state index contributed by atoms with van der Waals surface area (Å²) in [6.07, 6.45) is 3.46. The molecule has 2 aliphatic heterocycles. The van der Waals surface area contributed by atoms with Crippen LogP contribution in [0, 0.1) is 11.6 Å². The predicted octanol–water partition coefficient (Wildman–Crippen LogP) is 2.45. The average molecular weight is 281 g/mol. The van der Waals surface area contributed by atoms with E-state index in [1.54, 1.807) is 4.90 Å². The van der Waals surface area contributed by atoms with Crippen molar-refractivity contribution in [2.75, 3.05) is 5.32 Å². The van der Waals surface area contributed by atoms with Crippen LogP contribution in [0.2, 0.25) is 0 Å². The van der Waals surface area contributed by atoms with E-state index in [1.807, 2.05) is 0 Å². The van der Waals surface area contributed by atoms with Crippen molar-refractivity contribution in [3.63, 3.8) is 0 Å². The Hall–Kier alpha value is -1.69. The normalized spacial score (nSPS) is 28.6. The van der Waals surface area contributed by atoms with Crippen LogP contribution in [0.4, 0.5) is 19.3 Å². The molecule has 3 rings (SSSR count). The first kappa shape index (κ1) is 13.3. The lowest BCUT2D eigenvalue weighted by molar-refractivity contribution is 0.150. The molecule has 0 radical (unpaired) electrons. The van der Waals surface area contributed by atoms with Crippen molar-refractivity contribution in [1.29, 1.82) is 0 Å². The van der Waals surface area contributed by atoms with Crippen LogP contribution < -0.4 is 11.1 Å². The van der Waals surface area contributed by atoms with Gasteiger partial charge in [0.05, 0.1) is 5.69 Å². The van der Waals surface area contributed by atoms with E-state index in [2.05, 4.69) is 5.32 Å². The predicted molar refractivity (Wildman–Crippen MR) is 71.2 cm³/mol. The smallest absolute Gasteiger partial charge is 0.322 e. The number of hydrogen-bond donors (Lipinski definition) is 2. The van der Waals surface area contributed by atoms with Crippen molar-refractivity contribution in [2.24, 2.45) is 5.73 Å². The first-order valence-corrected chi connectivity index (χ1v) is 6.84. The lowest BCUT2D eigenvalue weighted by Crippen LogP contribution is -2.51. The highest BCUT2D eigenvalue weighted by atomic mass is 19.1. The van der Waals surface area contributed by atoms with Gasteiger partial charge in [0.2, 0.25) is 0 Å². The summed E-state index contributed by atoms with van der Waals surface area (Å²) in [6.45, 7) is 0. The maximum absolute atomic E-state index is 13.6. The van der Waals surface area contributed by atoms with Crippen molar-refractivity contribution in [1.82, 2.24) is 4.90 Å². The number of nitrogens with zero attached hydrogens (tertiary/aromatic N) is 1. The van der Waals surface area contributed by atoms with Gasteiger partial charge < -0.3 is 16.0 Å². The van der Waals surface area contributed by atoms with Crippen molar-refractivity contribution >= 4 is 11.7 Å². The van der Waals surface area contributed by atoms with E-state index in [0.29, 0.717) is 0 Å². The average Bonchev–Trinajstić information content (AvgIpc) is 2.65. The second kappa shape index (κ2) is 5.01. The number of nitrogens with one attached hydrogen (secondary N) is 1. The number of hydrogen-bond acceptors (Lipinski definition) is 2. The number of anilines is 1. The van der Waals surface area contributed by atoms with E-state index in [9.17, 15) is 13.6 Å². The van der Waals surface area contributed by atoms with Gasteiger partial charge in [-0.3, -0.25) is 0 Å². The number of carbonyl (C=O) groups excluding carboxylic acids is 1. The summed E-state index contributed by atoms with van der Waals surface area (Å²) in [7, 11) is 0. The molecule has 2 atom stereocenters. The van der Waals surface area contributed by atoms with Crippen LogP contribution in [0.1, 0.15) is 25.7 Å². The summed E-state index contributed by atoms with van der Waals surface area (Å²) < 4.78 is 26.4. The zero-order valence-electron chi connectivity index (χ0n) is 11.0. The molecule has 0 aliphatic carbocycles. The number of urea groups is 1. The minimum absolute atomic E-state index is 0.00525. The quantitative estimate of drug-likeness (QED) is 0.830. The molecule has 1 aromatic rings. The standard InChI is InChI=1S/C14H17F2N3O/c15-8-1-4-13(12(16)5-8)18-14(20)19-10-2-3-11(19)7-9(17)6-10/h1,4-5,9-11H,2-3,6-7,17H2,(H,18,20). The van der Waals surface area contributed by atoms with Crippen molar-refractivity contribution in [3.8, 4) is 0 Å². The van der Waals surface area contributed by atoms with Crippen LogP contribution in [0.15, 0.2) is 18.2 Å². The molecule has 2 saturated heterocycles. The number of rotatable bonds is 1. The molecule has 3 N–H and O–H groups in total. The second-order valence-corrected chi connectivity index (χ2v) is 5.58. The summed E-state index contributed by atoms with van der Waals surface area (Å²) in [4.78, 5) is 14.1. The molecule has 1 aromatic carbocycles. The van der Waals surface area contributed by atoms with Gasteiger partial charge >= 0.3 is 6.03 Å². The molecule has 0 aromatic heterocycles. The highest BCUT2D eigenvalue weighted by molar-refractivity contribution is 5.90. The highest BCUT2D eigenvalue weighted by Gasteiger charge is 2.42. The molecule has 4 nitrogen and oxygen atoms in total. The first-order chi connectivity index (χ1) is 9.54. The van der Waals surface area contributed by atoms with Gasteiger partial charge in [0.25, 0.3) is 0 Å². The summed E-state index contributed by atoms with van der Waals surface area (Å²) in [5, 5.41) is 2.53. The van der Waals surface area contributed by atoms with Gasteiger partial charge in [-0.05, 0) is 37.8 Å². The molecule has 6 heteroatoms. The van der Waals surface area contributed by atoms with Crippen LogP contribution in [-0.4, -0.2) is 29.1 Å². The SMILES string of the molecule is NC1CC2CCC(C1)N2C(=O)Nc1ccc(F)cc1F. The molecule has 20 heavy (non-hydrogen) atoms. The lowest BCUT2D eigenvalue weighted by atomic mass is 9.99. The Bertz CT molecular complexity index is 523. The molecular weight excluding hydrogens is 264 g/mol. The van der Waals surface area contributed by atoms with Crippen LogP contribution >= 0.6 is 0 Å². The Morgan fingerprint density at radius 1 is 1.25 bits per heavy atom. The number of fused-ring (bicyclic) bond motifs is 2. The Morgan fingerprint density at radius 2 is 1.90 bits per heavy atom. The fourth-order valence-corrected chi connectivity index (χ4v) is 3.32.